The van der Waals surface area contributed by atoms with Crippen molar-refractivity contribution in [1.82, 2.24) is 9.88 Å². The van der Waals surface area contributed by atoms with Gasteiger partial charge in [0.1, 0.15) is 11.6 Å². The highest BCUT2D eigenvalue weighted by Gasteiger charge is 2.28. The molecule has 35 heavy (non-hydrogen) atoms. The third-order valence-electron chi connectivity index (χ3n) is 7.04. The van der Waals surface area contributed by atoms with Gasteiger partial charge in [0.05, 0.1) is 6.42 Å². The number of carbonyl (C=O) groups is 1. The van der Waals surface area contributed by atoms with Gasteiger partial charge in [0.2, 0.25) is 5.91 Å². The highest BCUT2D eigenvalue weighted by Crippen LogP contribution is 2.25. The molecule has 2 aliphatic heterocycles. The molecule has 2 aliphatic rings. The lowest BCUT2D eigenvalue weighted by Gasteiger charge is -2.43. The molecule has 0 unspecified atom stereocenters. The van der Waals surface area contributed by atoms with Gasteiger partial charge in [-0.3, -0.25) is 9.69 Å². The molecule has 2 aromatic carbocycles. The topological polar surface area (TPSA) is 51.7 Å². The van der Waals surface area contributed by atoms with Crippen LogP contribution in [0.25, 0.3) is 0 Å². The first-order chi connectivity index (χ1) is 17.1. The minimum Gasteiger partial charge on any atom is -0.371 e. The number of nitrogens with one attached hydrogen (secondary N) is 1. The number of nitrogens with zero attached hydrogens (tertiary/aromatic N) is 4. The van der Waals surface area contributed by atoms with Crippen LogP contribution in [-0.2, 0) is 11.2 Å². The Morgan fingerprint density at radius 2 is 1.66 bits per heavy atom. The zero-order chi connectivity index (χ0) is 24.0. The van der Waals surface area contributed by atoms with Crippen LogP contribution in [-0.4, -0.2) is 61.1 Å². The van der Waals surface area contributed by atoms with E-state index in [1.807, 2.05) is 24.4 Å². The smallest absolute Gasteiger partial charge is 0.228 e. The summed E-state index contributed by atoms with van der Waals surface area (Å²) >= 11 is 0. The van der Waals surface area contributed by atoms with Crippen molar-refractivity contribution in [2.24, 2.45) is 0 Å². The van der Waals surface area contributed by atoms with Crippen LogP contribution in [0.1, 0.15) is 18.4 Å². The second-order valence-electron chi connectivity index (χ2n) is 9.33. The molecule has 1 aromatic heterocycles. The second-order valence-corrected chi connectivity index (χ2v) is 9.33. The van der Waals surface area contributed by atoms with Gasteiger partial charge in [-0.05, 0) is 66.9 Å². The maximum absolute atomic E-state index is 13.3. The van der Waals surface area contributed by atoms with Crippen molar-refractivity contribution in [2.45, 2.75) is 25.3 Å². The quantitative estimate of drug-likeness (QED) is 0.582. The number of halogens is 1. The van der Waals surface area contributed by atoms with E-state index < -0.39 is 0 Å². The molecule has 2 saturated heterocycles. The summed E-state index contributed by atoms with van der Waals surface area (Å²) < 4.78 is 13.3. The van der Waals surface area contributed by atoms with E-state index in [-0.39, 0.29) is 18.1 Å². The van der Waals surface area contributed by atoms with E-state index in [0.717, 1.165) is 63.6 Å². The lowest BCUT2D eigenvalue weighted by Crippen LogP contribution is -2.53. The molecule has 6 nitrogen and oxygen atoms in total. The summed E-state index contributed by atoms with van der Waals surface area (Å²) in [5.74, 6) is 0.609. The Labute approximate surface area is 206 Å². The maximum atomic E-state index is 13.3. The molecule has 3 aromatic rings. The van der Waals surface area contributed by atoms with E-state index in [0.29, 0.717) is 11.6 Å². The Morgan fingerprint density at radius 1 is 0.886 bits per heavy atom. The number of pyridine rings is 1. The average molecular weight is 474 g/mol. The molecule has 7 heteroatoms. The number of anilines is 3. The van der Waals surface area contributed by atoms with Crippen molar-refractivity contribution in [1.29, 1.82) is 0 Å². The lowest BCUT2D eigenvalue weighted by molar-refractivity contribution is -0.115. The number of piperazine rings is 1. The minimum atomic E-state index is -0.324. The summed E-state index contributed by atoms with van der Waals surface area (Å²) in [6, 6.07) is 20.9. The van der Waals surface area contributed by atoms with E-state index in [1.165, 1.54) is 17.8 Å². The van der Waals surface area contributed by atoms with Crippen molar-refractivity contribution in [2.75, 3.05) is 54.4 Å². The Balaban J connectivity index is 1.08. The Bertz CT molecular complexity index is 1110. The van der Waals surface area contributed by atoms with Crippen LogP contribution in [0.4, 0.5) is 21.6 Å². The summed E-state index contributed by atoms with van der Waals surface area (Å²) in [7, 11) is 0. The molecule has 0 atom stereocenters. The molecule has 0 spiro atoms. The van der Waals surface area contributed by atoms with Crippen LogP contribution in [0.15, 0.2) is 72.9 Å². The van der Waals surface area contributed by atoms with E-state index in [1.54, 1.807) is 12.1 Å². The Morgan fingerprint density at radius 3 is 2.34 bits per heavy atom. The third-order valence-corrected chi connectivity index (χ3v) is 7.04. The van der Waals surface area contributed by atoms with E-state index >= 15 is 0 Å². The van der Waals surface area contributed by atoms with Crippen LogP contribution < -0.4 is 15.1 Å². The molecule has 0 bridgehead atoms. The highest BCUT2D eigenvalue weighted by molar-refractivity contribution is 5.92. The molecule has 1 amide bonds. The Kier molecular flexibility index (Phi) is 7.23. The van der Waals surface area contributed by atoms with E-state index in [4.69, 9.17) is 0 Å². The minimum absolute atomic E-state index is 0.146. The fraction of sp³-hybridized carbons (Fsp3) is 0.357. The zero-order valence-electron chi connectivity index (χ0n) is 19.9. The molecule has 3 heterocycles. The first kappa shape index (κ1) is 23.3. The normalized spacial score (nSPS) is 17.4. The number of hydrogen-bond acceptors (Lipinski definition) is 5. The van der Waals surface area contributed by atoms with Crippen LogP contribution in [0.3, 0.4) is 0 Å². The van der Waals surface area contributed by atoms with Gasteiger partial charge in [-0.2, -0.15) is 0 Å². The number of aromatic nitrogens is 1. The van der Waals surface area contributed by atoms with E-state index in [2.05, 4.69) is 49.3 Å². The monoisotopic (exact) mass is 473 g/mol. The predicted octanol–water partition coefficient (Wildman–Crippen LogP) is 4.19. The molecule has 0 saturated carbocycles. The van der Waals surface area contributed by atoms with Gasteiger partial charge in [0, 0.05) is 62.9 Å². The van der Waals surface area contributed by atoms with Crippen molar-refractivity contribution >= 4 is 23.1 Å². The van der Waals surface area contributed by atoms with Gasteiger partial charge in [-0.1, -0.05) is 18.2 Å². The Hall–Kier alpha value is -3.45. The fourth-order valence-electron chi connectivity index (χ4n) is 5.14. The van der Waals surface area contributed by atoms with Crippen molar-refractivity contribution in [3.05, 3.63) is 84.3 Å². The number of rotatable bonds is 6. The van der Waals surface area contributed by atoms with Gasteiger partial charge in [-0.25, -0.2) is 9.37 Å². The summed E-state index contributed by atoms with van der Waals surface area (Å²) in [5.41, 5.74) is 2.61. The number of benzene rings is 2. The number of hydrogen-bond donors (Lipinski definition) is 1. The first-order valence-electron chi connectivity index (χ1n) is 12.4. The van der Waals surface area contributed by atoms with Gasteiger partial charge < -0.3 is 15.1 Å². The number of carbonyl (C=O) groups excluding carboxylic acids is 1. The SMILES string of the molecule is O=C(Cc1cccc(F)c1)Nc1ccc(N2CCC(N3CCN(c4ccccn4)CC3)CC2)cc1. The van der Waals surface area contributed by atoms with Gasteiger partial charge >= 0.3 is 0 Å². The van der Waals surface area contributed by atoms with Crippen LogP contribution >= 0.6 is 0 Å². The largest absolute Gasteiger partial charge is 0.371 e. The number of piperidine rings is 1. The van der Waals surface area contributed by atoms with Crippen LogP contribution in [0.5, 0.6) is 0 Å². The maximum Gasteiger partial charge on any atom is 0.228 e. The molecular formula is C28H32FN5O. The molecule has 5 rings (SSSR count). The summed E-state index contributed by atoms with van der Waals surface area (Å²) in [4.78, 5) is 24.3. The number of amides is 1. The van der Waals surface area contributed by atoms with Crippen molar-refractivity contribution in [3.8, 4) is 0 Å². The summed E-state index contributed by atoms with van der Waals surface area (Å²) in [5, 5.41) is 2.91. The molecule has 182 valence electrons. The average Bonchev–Trinajstić information content (AvgIpc) is 2.90. The lowest BCUT2D eigenvalue weighted by atomic mass is 10.0. The molecule has 0 aliphatic carbocycles. The molecular weight excluding hydrogens is 441 g/mol. The van der Waals surface area contributed by atoms with Crippen LogP contribution in [0, 0.1) is 5.82 Å². The van der Waals surface area contributed by atoms with E-state index in [9.17, 15) is 9.18 Å². The van der Waals surface area contributed by atoms with Crippen molar-refractivity contribution in [3.63, 3.8) is 0 Å². The fourth-order valence-corrected chi connectivity index (χ4v) is 5.14. The zero-order valence-corrected chi connectivity index (χ0v) is 19.9. The summed E-state index contributed by atoms with van der Waals surface area (Å²) in [6.07, 6.45) is 4.35. The third kappa shape index (κ3) is 5.98. The molecule has 2 fully saturated rings. The van der Waals surface area contributed by atoms with Crippen LogP contribution in [0.2, 0.25) is 0 Å². The molecule has 1 N–H and O–H groups in total. The second kappa shape index (κ2) is 10.9. The standard InChI is InChI=1S/C28H32FN5O/c29-23-5-3-4-22(20-23)21-28(35)31-24-7-9-25(10-8-24)32-14-11-26(12-15-32)33-16-18-34(19-17-33)27-6-1-2-13-30-27/h1-10,13,20,26H,11-12,14-19,21H2,(H,31,35). The van der Waals surface area contributed by atoms with Crippen molar-refractivity contribution < 1.29 is 9.18 Å². The van der Waals surface area contributed by atoms with Gasteiger partial charge in [0.25, 0.3) is 0 Å². The summed E-state index contributed by atoms with van der Waals surface area (Å²) in [6.45, 7) is 6.32. The molecule has 0 radical (unpaired) electrons. The highest BCUT2D eigenvalue weighted by atomic mass is 19.1. The first-order valence-corrected chi connectivity index (χ1v) is 12.4. The van der Waals surface area contributed by atoms with Gasteiger partial charge in [0.15, 0.2) is 0 Å². The predicted molar refractivity (Wildman–Crippen MR) is 138 cm³/mol. The van der Waals surface area contributed by atoms with Gasteiger partial charge in [-0.15, -0.1) is 0 Å².